The Labute approximate surface area is 165 Å². The Hall–Kier alpha value is -2.44. The fourth-order valence-corrected chi connectivity index (χ4v) is 4.51. The molecule has 0 atom stereocenters. The Kier molecular flexibility index (Phi) is 5.59. The Bertz CT molecular complexity index is 895. The second-order valence-corrected chi connectivity index (χ2v) is 7.89. The van der Waals surface area contributed by atoms with Gasteiger partial charge in [-0.15, -0.1) is 0 Å². The van der Waals surface area contributed by atoms with E-state index in [4.69, 9.17) is 0 Å². The number of aromatic nitrogens is 3. The number of nitrogens with zero attached hydrogens (tertiary/aromatic N) is 5. The maximum absolute atomic E-state index is 12.9. The summed E-state index contributed by atoms with van der Waals surface area (Å²) in [5, 5.41) is 0. The largest absolute Gasteiger partial charge is 0.348 e. The second kappa shape index (κ2) is 8.29. The number of pyridine rings is 1. The number of hydrogen-bond acceptors (Lipinski definition) is 5. The van der Waals surface area contributed by atoms with Crippen molar-refractivity contribution >= 4 is 22.9 Å². The predicted octanol–water partition coefficient (Wildman–Crippen LogP) is 2.43. The molecule has 28 heavy (non-hydrogen) atoms. The number of fused-ring (bicyclic) bond motifs is 1. The molecule has 3 heterocycles. The topological polar surface area (TPSA) is 71.3 Å². The Morgan fingerprint density at radius 3 is 2.64 bits per heavy atom. The lowest BCUT2D eigenvalue weighted by Gasteiger charge is -2.35. The molecule has 2 aromatic rings. The molecular weight excluding hydrogens is 354 g/mol. The zero-order chi connectivity index (χ0) is 19.5. The van der Waals surface area contributed by atoms with Crippen molar-refractivity contribution in [1.29, 1.82) is 0 Å². The minimum atomic E-state index is -0.102. The van der Waals surface area contributed by atoms with Gasteiger partial charge in [-0.25, -0.2) is 9.97 Å². The monoisotopic (exact) mass is 383 g/mol. The van der Waals surface area contributed by atoms with Gasteiger partial charge in [-0.2, -0.15) is 0 Å². The van der Waals surface area contributed by atoms with Crippen molar-refractivity contribution in [3.63, 3.8) is 0 Å². The van der Waals surface area contributed by atoms with Crippen LogP contribution in [0, 0.1) is 5.92 Å². The van der Waals surface area contributed by atoms with Gasteiger partial charge in [0, 0.05) is 45.3 Å². The molecule has 0 N–H and O–H groups in total. The van der Waals surface area contributed by atoms with Crippen LogP contribution in [0.3, 0.4) is 0 Å². The van der Waals surface area contributed by atoms with Gasteiger partial charge in [0.25, 0.3) is 5.56 Å². The third-order valence-corrected chi connectivity index (χ3v) is 6.17. The van der Waals surface area contributed by atoms with E-state index in [-0.39, 0.29) is 11.5 Å². The highest BCUT2D eigenvalue weighted by Crippen LogP contribution is 2.28. The van der Waals surface area contributed by atoms with Crippen LogP contribution >= 0.6 is 0 Å². The van der Waals surface area contributed by atoms with Gasteiger partial charge in [0.15, 0.2) is 11.5 Å². The number of carbonyl (C=O) groups is 1. The Morgan fingerprint density at radius 2 is 1.93 bits per heavy atom. The molecule has 7 nitrogen and oxygen atoms in total. The van der Waals surface area contributed by atoms with E-state index >= 15 is 0 Å². The summed E-state index contributed by atoms with van der Waals surface area (Å²) in [6, 6.07) is 3.73. The van der Waals surface area contributed by atoms with Gasteiger partial charge < -0.3 is 9.80 Å². The molecule has 150 valence electrons. The van der Waals surface area contributed by atoms with E-state index in [1.807, 2.05) is 28.9 Å². The van der Waals surface area contributed by atoms with Crippen LogP contribution in [-0.2, 0) is 11.3 Å². The SMILES string of the molecule is CCn1c(=O)c(N2CCN(C(=O)CCC3CCCC3)CC2)nc2cccnc21. The summed E-state index contributed by atoms with van der Waals surface area (Å²) < 4.78 is 1.68. The van der Waals surface area contributed by atoms with Gasteiger partial charge in [-0.3, -0.25) is 14.2 Å². The first-order chi connectivity index (χ1) is 13.7. The molecule has 4 rings (SSSR count). The molecule has 2 aromatic heterocycles. The molecule has 0 bridgehead atoms. The van der Waals surface area contributed by atoms with Crippen molar-refractivity contribution in [1.82, 2.24) is 19.4 Å². The maximum atomic E-state index is 12.9. The molecule has 1 aliphatic heterocycles. The fraction of sp³-hybridized carbons (Fsp3) is 0.619. The average molecular weight is 383 g/mol. The molecule has 1 saturated carbocycles. The summed E-state index contributed by atoms with van der Waals surface area (Å²) in [6.45, 7) is 5.10. The van der Waals surface area contributed by atoms with Crippen LogP contribution in [0.15, 0.2) is 23.1 Å². The molecule has 0 unspecified atom stereocenters. The van der Waals surface area contributed by atoms with Crippen LogP contribution in [-0.4, -0.2) is 51.5 Å². The molecule has 1 amide bonds. The van der Waals surface area contributed by atoms with E-state index in [9.17, 15) is 9.59 Å². The summed E-state index contributed by atoms with van der Waals surface area (Å²) in [6.07, 6.45) is 8.58. The first-order valence-corrected chi connectivity index (χ1v) is 10.6. The van der Waals surface area contributed by atoms with Crippen molar-refractivity contribution in [3.05, 3.63) is 28.7 Å². The molecule has 0 spiro atoms. The molecule has 2 aliphatic rings. The van der Waals surface area contributed by atoms with Crippen molar-refractivity contribution < 1.29 is 4.79 Å². The van der Waals surface area contributed by atoms with Crippen molar-refractivity contribution in [3.8, 4) is 0 Å². The zero-order valence-corrected chi connectivity index (χ0v) is 16.6. The number of rotatable bonds is 5. The van der Waals surface area contributed by atoms with Crippen molar-refractivity contribution in [2.24, 2.45) is 5.92 Å². The summed E-state index contributed by atoms with van der Waals surface area (Å²) in [7, 11) is 0. The van der Waals surface area contributed by atoms with E-state index < -0.39 is 0 Å². The second-order valence-electron chi connectivity index (χ2n) is 7.89. The third kappa shape index (κ3) is 3.75. The first-order valence-electron chi connectivity index (χ1n) is 10.6. The summed E-state index contributed by atoms with van der Waals surface area (Å²) in [5.74, 6) is 1.47. The fourth-order valence-electron chi connectivity index (χ4n) is 4.51. The van der Waals surface area contributed by atoms with Gasteiger partial charge >= 0.3 is 0 Å². The average Bonchev–Trinajstić information content (AvgIpc) is 3.25. The lowest BCUT2D eigenvalue weighted by Crippen LogP contribution is -2.50. The van der Waals surface area contributed by atoms with Gasteiger partial charge in [0.1, 0.15) is 5.52 Å². The van der Waals surface area contributed by atoms with Crippen LogP contribution < -0.4 is 10.5 Å². The molecule has 2 fully saturated rings. The standard InChI is InChI=1S/C21H29N5O2/c1-2-26-19-17(8-5-11-22-19)23-20(21(26)28)25-14-12-24(13-15-25)18(27)10-9-16-6-3-4-7-16/h5,8,11,16H,2-4,6-7,9-10,12-15H2,1H3. The molecular formula is C21H29N5O2. The summed E-state index contributed by atoms with van der Waals surface area (Å²) in [5.41, 5.74) is 1.25. The zero-order valence-electron chi connectivity index (χ0n) is 16.6. The van der Waals surface area contributed by atoms with Gasteiger partial charge in [0.05, 0.1) is 0 Å². The van der Waals surface area contributed by atoms with Gasteiger partial charge in [-0.1, -0.05) is 25.7 Å². The number of amides is 1. The normalized spacial score (nSPS) is 18.2. The third-order valence-electron chi connectivity index (χ3n) is 6.17. The smallest absolute Gasteiger partial charge is 0.295 e. The van der Waals surface area contributed by atoms with Gasteiger partial charge in [0.2, 0.25) is 5.91 Å². The highest BCUT2D eigenvalue weighted by Gasteiger charge is 2.25. The van der Waals surface area contributed by atoms with E-state index in [1.165, 1.54) is 25.7 Å². The minimum absolute atomic E-state index is 0.102. The highest BCUT2D eigenvalue weighted by molar-refractivity contribution is 5.76. The van der Waals surface area contributed by atoms with Crippen LogP contribution in [0.1, 0.15) is 45.4 Å². The van der Waals surface area contributed by atoms with Crippen LogP contribution in [0.25, 0.3) is 11.2 Å². The minimum Gasteiger partial charge on any atom is -0.348 e. The van der Waals surface area contributed by atoms with Crippen molar-refractivity contribution in [2.45, 2.75) is 52.0 Å². The molecule has 0 aromatic carbocycles. The first kappa shape index (κ1) is 18.9. The number of hydrogen-bond donors (Lipinski definition) is 0. The van der Waals surface area contributed by atoms with Crippen LogP contribution in [0.2, 0.25) is 0 Å². The Balaban J connectivity index is 1.43. The van der Waals surface area contributed by atoms with E-state index in [1.54, 1.807) is 10.8 Å². The van der Waals surface area contributed by atoms with Crippen LogP contribution in [0.5, 0.6) is 0 Å². The molecule has 7 heteroatoms. The molecule has 1 saturated heterocycles. The van der Waals surface area contributed by atoms with E-state index in [0.717, 1.165) is 17.9 Å². The summed E-state index contributed by atoms with van der Waals surface area (Å²) >= 11 is 0. The lowest BCUT2D eigenvalue weighted by atomic mass is 10.0. The van der Waals surface area contributed by atoms with E-state index in [0.29, 0.717) is 50.6 Å². The van der Waals surface area contributed by atoms with Crippen molar-refractivity contribution in [2.75, 3.05) is 31.1 Å². The highest BCUT2D eigenvalue weighted by atomic mass is 16.2. The number of aryl methyl sites for hydroxylation is 1. The molecule has 1 aliphatic carbocycles. The number of piperazine rings is 1. The molecule has 0 radical (unpaired) electrons. The predicted molar refractivity (Wildman–Crippen MR) is 109 cm³/mol. The maximum Gasteiger partial charge on any atom is 0.295 e. The van der Waals surface area contributed by atoms with E-state index in [2.05, 4.69) is 9.97 Å². The number of carbonyl (C=O) groups excluding carboxylic acids is 1. The number of anilines is 1. The van der Waals surface area contributed by atoms with Gasteiger partial charge in [-0.05, 0) is 31.4 Å². The summed E-state index contributed by atoms with van der Waals surface area (Å²) in [4.78, 5) is 38.3. The van der Waals surface area contributed by atoms with Crippen LogP contribution in [0.4, 0.5) is 5.82 Å². The lowest BCUT2D eigenvalue weighted by molar-refractivity contribution is -0.131. The quantitative estimate of drug-likeness (QED) is 0.793. The Morgan fingerprint density at radius 1 is 1.18 bits per heavy atom.